The summed E-state index contributed by atoms with van der Waals surface area (Å²) in [5.74, 6) is 0.146. The summed E-state index contributed by atoms with van der Waals surface area (Å²) in [6, 6.07) is 19.0. The van der Waals surface area contributed by atoms with Crippen LogP contribution in [0.15, 0.2) is 54.6 Å². The van der Waals surface area contributed by atoms with E-state index in [-0.39, 0.29) is 5.91 Å². The smallest absolute Gasteiger partial charge is 0.232 e. The number of amides is 1. The van der Waals surface area contributed by atoms with Gasteiger partial charge in [-0.1, -0.05) is 67.1 Å². The third-order valence-corrected chi connectivity index (χ3v) is 7.61. The molecule has 0 radical (unpaired) electrons. The van der Waals surface area contributed by atoms with E-state index in [4.69, 9.17) is 5.73 Å². The summed E-state index contributed by atoms with van der Waals surface area (Å²) in [5.41, 5.74) is 9.85. The fourth-order valence-electron chi connectivity index (χ4n) is 4.44. The van der Waals surface area contributed by atoms with Gasteiger partial charge in [0.15, 0.2) is 0 Å². The van der Waals surface area contributed by atoms with Crippen LogP contribution < -0.4 is 5.73 Å². The average Bonchev–Trinajstić information content (AvgIpc) is 3.14. The van der Waals surface area contributed by atoms with Gasteiger partial charge in [-0.05, 0) is 49.5 Å². The summed E-state index contributed by atoms with van der Waals surface area (Å²) < 4.78 is 0. The van der Waals surface area contributed by atoms with E-state index in [1.807, 2.05) is 18.2 Å². The van der Waals surface area contributed by atoms with Crippen molar-refractivity contribution in [3.63, 3.8) is 0 Å². The molecule has 0 aromatic heterocycles. The van der Waals surface area contributed by atoms with Crippen molar-refractivity contribution in [1.29, 1.82) is 0 Å². The van der Waals surface area contributed by atoms with Crippen molar-refractivity contribution in [3.05, 3.63) is 71.3 Å². The molecule has 27 heavy (non-hydrogen) atoms. The van der Waals surface area contributed by atoms with Crippen LogP contribution in [-0.2, 0) is 16.4 Å². The zero-order chi connectivity index (χ0) is 19.3. The molecule has 144 valence electrons. The second-order valence-corrected chi connectivity index (χ2v) is 9.44. The molecule has 1 saturated heterocycles. The molecule has 1 fully saturated rings. The van der Waals surface area contributed by atoms with Crippen molar-refractivity contribution in [2.75, 3.05) is 25.8 Å². The van der Waals surface area contributed by atoms with Crippen molar-refractivity contribution in [2.24, 2.45) is 11.7 Å². The van der Waals surface area contributed by atoms with E-state index in [1.165, 1.54) is 11.1 Å². The van der Waals surface area contributed by atoms with Gasteiger partial charge in [-0.25, -0.2) is 0 Å². The Balaban J connectivity index is 1.74. The summed E-state index contributed by atoms with van der Waals surface area (Å²) in [4.78, 5) is 15.2. The van der Waals surface area contributed by atoms with E-state index in [0.717, 1.165) is 44.2 Å². The topological polar surface area (TPSA) is 46.3 Å². The molecule has 2 N–H and O–H groups in total. The van der Waals surface area contributed by atoms with Crippen LogP contribution >= 0.6 is 8.58 Å². The number of carbonyl (C=O) groups excluding carboxylic acids is 1. The minimum absolute atomic E-state index is 0.153. The first-order chi connectivity index (χ1) is 13.1. The number of aryl methyl sites for hydroxylation is 1. The fraction of sp³-hybridized carbons (Fsp3) is 0.435. The van der Waals surface area contributed by atoms with Gasteiger partial charge < -0.3 is 10.6 Å². The quantitative estimate of drug-likeness (QED) is 0.703. The lowest BCUT2D eigenvalue weighted by Crippen LogP contribution is -2.45. The summed E-state index contributed by atoms with van der Waals surface area (Å²) >= 11 is 0. The van der Waals surface area contributed by atoms with Crippen LogP contribution in [0, 0.1) is 12.8 Å². The van der Waals surface area contributed by atoms with Gasteiger partial charge in [-0.2, -0.15) is 0 Å². The lowest BCUT2D eigenvalue weighted by Gasteiger charge is -2.37. The number of primary amides is 1. The number of nitrogens with two attached hydrogens (primary N) is 1. The van der Waals surface area contributed by atoms with Gasteiger partial charge in [0.1, 0.15) is 0 Å². The molecule has 0 aliphatic carbocycles. The van der Waals surface area contributed by atoms with Crippen LogP contribution in [0.5, 0.6) is 0 Å². The number of benzene rings is 2. The average molecular weight is 382 g/mol. The van der Waals surface area contributed by atoms with Crippen molar-refractivity contribution >= 4 is 14.5 Å². The second kappa shape index (κ2) is 8.99. The molecular formula is C23H31N2OP. The number of rotatable bonds is 8. The maximum absolute atomic E-state index is 12.7. The number of carbonyl (C=O) groups is 1. The molecule has 3 nitrogen and oxygen atoms in total. The Morgan fingerprint density at radius 3 is 2.67 bits per heavy atom. The van der Waals surface area contributed by atoms with Crippen LogP contribution in [0.1, 0.15) is 30.0 Å². The maximum atomic E-state index is 12.7. The number of hydrogen-bond donors (Lipinski definition) is 1. The van der Waals surface area contributed by atoms with Gasteiger partial charge in [-0.15, -0.1) is 8.58 Å². The molecule has 3 rings (SSSR count). The lowest BCUT2D eigenvalue weighted by atomic mass is 9.83. The van der Waals surface area contributed by atoms with E-state index >= 15 is 0 Å². The Hall–Kier alpha value is -1.70. The van der Waals surface area contributed by atoms with E-state index < -0.39 is 5.16 Å². The number of hydrogen-bond acceptors (Lipinski definition) is 2. The van der Waals surface area contributed by atoms with Crippen molar-refractivity contribution in [3.8, 4) is 0 Å². The Morgan fingerprint density at radius 2 is 2.00 bits per heavy atom. The highest BCUT2D eigenvalue weighted by Crippen LogP contribution is 2.50. The van der Waals surface area contributed by atoms with Gasteiger partial charge in [0.25, 0.3) is 0 Å². The van der Waals surface area contributed by atoms with Crippen LogP contribution in [0.3, 0.4) is 0 Å². The molecule has 3 unspecified atom stereocenters. The molecule has 0 saturated carbocycles. The van der Waals surface area contributed by atoms with Gasteiger partial charge in [0.2, 0.25) is 5.91 Å². The second-order valence-electron chi connectivity index (χ2n) is 7.59. The van der Waals surface area contributed by atoms with Crippen LogP contribution in [-0.4, -0.2) is 36.6 Å². The molecule has 3 atom stereocenters. The zero-order valence-corrected chi connectivity index (χ0v) is 17.4. The van der Waals surface area contributed by atoms with Crippen molar-refractivity contribution in [1.82, 2.24) is 4.90 Å². The first-order valence-electron chi connectivity index (χ1n) is 9.94. The highest BCUT2D eigenvalue weighted by molar-refractivity contribution is 7.41. The van der Waals surface area contributed by atoms with Crippen molar-refractivity contribution in [2.45, 2.75) is 31.8 Å². The van der Waals surface area contributed by atoms with Gasteiger partial charge in [-0.3, -0.25) is 4.79 Å². The predicted octanol–water partition coefficient (Wildman–Crippen LogP) is 3.94. The molecule has 0 spiro atoms. The van der Waals surface area contributed by atoms with E-state index in [1.54, 1.807) is 0 Å². The Morgan fingerprint density at radius 1 is 1.22 bits per heavy atom. The number of nitrogens with zero attached hydrogens (tertiary/aromatic N) is 1. The Kier molecular flexibility index (Phi) is 6.68. The molecular weight excluding hydrogens is 351 g/mol. The normalized spacial score (nSPS) is 20.1. The Bertz CT molecular complexity index is 764. The van der Waals surface area contributed by atoms with E-state index in [2.05, 4.69) is 55.1 Å². The molecule has 2 aromatic rings. The molecule has 4 heteroatoms. The minimum atomic E-state index is -0.520. The van der Waals surface area contributed by atoms with Crippen LogP contribution in [0.4, 0.5) is 0 Å². The van der Waals surface area contributed by atoms with E-state index in [0.29, 0.717) is 14.5 Å². The first-order valence-corrected chi connectivity index (χ1v) is 11.2. The molecule has 2 aromatic carbocycles. The number of likely N-dealkylation sites (tertiary alicyclic amines) is 1. The SMILES string of the molecule is CCPC(C(N)=O)(c1ccccc1)C1CCN(CCc2cccc(C)c2)C1. The van der Waals surface area contributed by atoms with Crippen LogP contribution in [0.25, 0.3) is 0 Å². The maximum Gasteiger partial charge on any atom is 0.232 e. The standard InChI is InChI=1S/C23H31N2OP/c1-3-27-23(22(24)26,20-10-5-4-6-11-20)21-13-15-25(17-21)14-12-19-9-7-8-18(2)16-19/h4-11,16,21,27H,3,12-15,17H2,1-2H3,(H2,24,26). The third-order valence-electron chi connectivity index (χ3n) is 5.76. The van der Waals surface area contributed by atoms with Gasteiger partial charge >= 0.3 is 0 Å². The minimum Gasteiger partial charge on any atom is -0.369 e. The highest BCUT2D eigenvalue weighted by Gasteiger charge is 2.47. The lowest BCUT2D eigenvalue weighted by molar-refractivity contribution is -0.122. The van der Waals surface area contributed by atoms with Crippen LogP contribution in [0.2, 0.25) is 0 Å². The first kappa shape index (κ1) is 20.0. The monoisotopic (exact) mass is 382 g/mol. The Labute approximate surface area is 165 Å². The predicted molar refractivity (Wildman–Crippen MR) is 116 cm³/mol. The van der Waals surface area contributed by atoms with Crippen molar-refractivity contribution < 1.29 is 4.79 Å². The molecule has 1 heterocycles. The summed E-state index contributed by atoms with van der Waals surface area (Å²) in [6.07, 6.45) is 3.08. The fourth-order valence-corrected chi connectivity index (χ4v) is 6.06. The molecule has 1 amide bonds. The third kappa shape index (κ3) is 4.42. The summed E-state index contributed by atoms with van der Waals surface area (Å²) in [7, 11) is 0.530. The highest BCUT2D eigenvalue weighted by atomic mass is 31.1. The van der Waals surface area contributed by atoms with Gasteiger partial charge in [0.05, 0.1) is 5.16 Å². The summed E-state index contributed by atoms with van der Waals surface area (Å²) in [6.45, 7) is 7.34. The van der Waals surface area contributed by atoms with Gasteiger partial charge in [0, 0.05) is 13.1 Å². The largest absolute Gasteiger partial charge is 0.369 e. The zero-order valence-electron chi connectivity index (χ0n) is 16.4. The molecule has 0 bridgehead atoms. The van der Waals surface area contributed by atoms with E-state index in [9.17, 15) is 4.79 Å². The summed E-state index contributed by atoms with van der Waals surface area (Å²) in [5, 5.41) is -0.520. The molecule has 1 aliphatic heterocycles. The molecule has 1 aliphatic rings.